The third-order valence-electron chi connectivity index (χ3n) is 5.66. The van der Waals surface area contributed by atoms with Crippen molar-refractivity contribution >= 4 is 5.91 Å². The Bertz CT molecular complexity index is 359. The van der Waals surface area contributed by atoms with Crippen molar-refractivity contribution in [2.75, 3.05) is 0 Å². The highest BCUT2D eigenvalue weighted by Crippen LogP contribution is 2.66. The molecule has 2 atom stereocenters. The zero-order valence-corrected chi connectivity index (χ0v) is 13.6. The van der Waals surface area contributed by atoms with Gasteiger partial charge in [-0.2, -0.15) is 0 Å². The monoisotopic (exact) mass is 266 g/mol. The molecule has 0 bridgehead atoms. The van der Waals surface area contributed by atoms with Crippen LogP contribution in [-0.2, 0) is 4.79 Å². The molecule has 1 N–H and O–H groups in total. The Hall–Kier alpha value is -0.570. The quantitative estimate of drug-likeness (QED) is 0.848. The molecule has 110 valence electrons. The fourth-order valence-corrected chi connectivity index (χ4v) is 3.83. The first kappa shape index (κ1) is 14.8. The van der Waals surface area contributed by atoms with Gasteiger partial charge in [-0.05, 0) is 23.2 Å². The second-order valence-electron chi connectivity index (χ2n) is 7.79. The number of nitrogens with zero attached hydrogens (tertiary/aromatic N) is 1. The van der Waals surface area contributed by atoms with Crippen molar-refractivity contribution in [3.63, 3.8) is 0 Å². The van der Waals surface area contributed by atoms with Crippen LogP contribution in [0.15, 0.2) is 0 Å². The predicted molar refractivity (Wildman–Crippen MR) is 78.7 cm³/mol. The number of hydrogen-bond donors (Lipinski definition) is 1. The van der Waals surface area contributed by atoms with E-state index in [1.807, 2.05) is 0 Å². The van der Waals surface area contributed by atoms with E-state index in [1.54, 1.807) is 0 Å². The van der Waals surface area contributed by atoms with E-state index >= 15 is 0 Å². The van der Waals surface area contributed by atoms with Crippen LogP contribution in [-0.4, -0.2) is 29.1 Å². The number of nitrogens with one attached hydrogen (secondary N) is 1. The molecule has 1 heterocycles. The van der Waals surface area contributed by atoms with Crippen LogP contribution < -0.4 is 5.32 Å². The van der Waals surface area contributed by atoms with Crippen molar-refractivity contribution in [3.8, 4) is 0 Å². The minimum Gasteiger partial charge on any atom is -0.321 e. The largest absolute Gasteiger partial charge is 0.321 e. The Balaban J connectivity index is 2.25. The van der Waals surface area contributed by atoms with Crippen LogP contribution in [0, 0.1) is 16.7 Å². The smallest absolute Gasteiger partial charge is 0.241 e. The van der Waals surface area contributed by atoms with E-state index in [1.165, 1.54) is 0 Å². The summed E-state index contributed by atoms with van der Waals surface area (Å²) in [5.41, 5.74) is 0.442. The maximum absolute atomic E-state index is 12.7. The summed E-state index contributed by atoms with van der Waals surface area (Å²) in [7, 11) is 0. The summed E-state index contributed by atoms with van der Waals surface area (Å²) in [5, 5.41) is 3.56. The molecule has 1 aliphatic heterocycles. The Morgan fingerprint density at radius 2 is 1.74 bits per heavy atom. The molecule has 1 saturated carbocycles. The molecule has 3 heteroatoms. The summed E-state index contributed by atoms with van der Waals surface area (Å²) in [5.74, 6) is 0.780. The lowest BCUT2D eigenvalue weighted by Crippen LogP contribution is -2.44. The van der Waals surface area contributed by atoms with E-state index in [4.69, 9.17) is 0 Å². The number of carbonyl (C=O) groups is 1. The van der Waals surface area contributed by atoms with Gasteiger partial charge in [-0.25, -0.2) is 0 Å². The fraction of sp³-hybridized carbons (Fsp3) is 0.938. The fourth-order valence-electron chi connectivity index (χ4n) is 3.83. The maximum Gasteiger partial charge on any atom is 0.241 e. The van der Waals surface area contributed by atoms with Gasteiger partial charge >= 0.3 is 0 Å². The number of hydrogen-bond acceptors (Lipinski definition) is 2. The molecule has 1 amide bonds. The normalized spacial score (nSPS) is 33.3. The molecule has 2 aliphatic rings. The second kappa shape index (κ2) is 4.47. The minimum absolute atomic E-state index is 0.0320. The van der Waals surface area contributed by atoms with E-state index in [0.717, 1.165) is 12.8 Å². The summed E-state index contributed by atoms with van der Waals surface area (Å²) in [6.07, 6.45) is 2.21. The Labute approximate surface area is 118 Å². The van der Waals surface area contributed by atoms with Crippen molar-refractivity contribution in [1.29, 1.82) is 0 Å². The molecule has 3 nitrogen and oxygen atoms in total. The summed E-state index contributed by atoms with van der Waals surface area (Å²) in [4.78, 5) is 14.9. The summed E-state index contributed by atoms with van der Waals surface area (Å²) >= 11 is 0. The highest BCUT2D eigenvalue weighted by Gasteiger charge is 2.70. The Kier molecular flexibility index (Phi) is 3.49. The van der Waals surface area contributed by atoms with Crippen LogP contribution in [0.4, 0.5) is 0 Å². The standard InChI is InChI=1S/C16H30N2O/c1-8-9-11-13(19)18(12(17-11)10(2)3)14-15(4,5)16(14,6)7/h10-12,14,17H,8-9H2,1-7H3. The predicted octanol–water partition coefficient (Wildman–Crippen LogP) is 3.00. The molecule has 0 aromatic heterocycles. The van der Waals surface area contributed by atoms with Gasteiger partial charge in [0, 0.05) is 6.04 Å². The van der Waals surface area contributed by atoms with Crippen LogP contribution in [0.3, 0.4) is 0 Å². The van der Waals surface area contributed by atoms with Crippen LogP contribution in [0.25, 0.3) is 0 Å². The lowest BCUT2D eigenvalue weighted by Gasteiger charge is -2.29. The first-order valence-corrected chi connectivity index (χ1v) is 7.74. The Morgan fingerprint density at radius 1 is 1.21 bits per heavy atom. The second-order valence-corrected chi connectivity index (χ2v) is 7.79. The van der Waals surface area contributed by atoms with Gasteiger partial charge in [0.25, 0.3) is 0 Å². The number of carbonyl (C=O) groups excluding carboxylic acids is 1. The van der Waals surface area contributed by atoms with Crippen LogP contribution in [0.1, 0.15) is 61.3 Å². The maximum atomic E-state index is 12.7. The van der Waals surface area contributed by atoms with E-state index in [9.17, 15) is 4.79 Å². The molecular weight excluding hydrogens is 236 g/mol. The first-order chi connectivity index (χ1) is 8.66. The molecule has 2 fully saturated rings. The van der Waals surface area contributed by atoms with Gasteiger partial charge in [0.05, 0.1) is 12.2 Å². The highest BCUT2D eigenvalue weighted by atomic mass is 16.2. The van der Waals surface area contributed by atoms with E-state index < -0.39 is 0 Å². The third-order valence-corrected chi connectivity index (χ3v) is 5.66. The lowest BCUT2D eigenvalue weighted by molar-refractivity contribution is -0.132. The molecule has 0 spiro atoms. The van der Waals surface area contributed by atoms with Crippen LogP contribution >= 0.6 is 0 Å². The van der Waals surface area contributed by atoms with Crippen molar-refractivity contribution < 1.29 is 4.79 Å². The number of amides is 1. The van der Waals surface area contributed by atoms with E-state index in [2.05, 4.69) is 58.7 Å². The zero-order valence-electron chi connectivity index (χ0n) is 13.6. The van der Waals surface area contributed by atoms with Gasteiger partial charge in [0.2, 0.25) is 5.91 Å². The van der Waals surface area contributed by atoms with Gasteiger partial charge in [-0.3, -0.25) is 10.1 Å². The van der Waals surface area contributed by atoms with Gasteiger partial charge in [0.15, 0.2) is 0 Å². The molecule has 1 aliphatic carbocycles. The molecule has 0 radical (unpaired) electrons. The molecule has 2 rings (SSSR count). The van der Waals surface area contributed by atoms with Gasteiger partial charge < -0.3 is 4.90 Å². The Morgan fingerprint density at radius 3 is 2.11 bits per heavy atom. The SMILES string of the molecule is CCCC1NC(C(C)C)N(C2C(C)(C)C2(C)C)C1=O. The lowest BCUT2D eigenvalue weighted by atomic mass is 10.0. The van der Waals surface area contributed by atoms with Crippen molar-refractivity contribution in [1.82, 2.24) is 10.2 Å². The number of rotatable bonds is 4. The third kappa shape index (κ3) is 2.01. The summed E-state index contributed by atoms with van der Waals surface area (Å²) in [6.45, 7) is 15.7. The van der Waals surface area contributed by atoms with Crippen molar-refractivity contribution in [2.45, 2.75) is 79.6 Å². The van der Waals surface area contributed by atoms with Gasteiger partial charge in [0.1, 0.15) is 0 Å². The molecular formula is C16H30N2O. The average Bonchev–Trinajstić information content (AvgIpc) is 2.54. The highest BCUT2D eigenvalue weighted by molar-refractivity contribution is 5.85. The topological polar surface area (TPSA) is 32.3 Å². The van der Waals surface area contributed by atoms with E-state index in [0.29, 0.717) is 17.9 Å². The average molecular weight is 266 g/mol. The van der Waals surface area contributed by atoms with E-state index in [-0.39, 0.29) is 23.0 Å². The summed E-state index contributed by atoms with van der Waals surface area (Å²) < 4.78 is 0. The molecule has 1 saturated heterocycles. The molecule has 19 heavy (non-hydrogen) atoms. The van der Waals surface area contributed by atoms with Gasteiger partial charge in [-0.15, -0.1) is 0 Å². The molecule has 0 aromatic rings. The van der Waals surface area contributed by atoms with Crippen LogP contribution in [0.5, 0.6) is 0 Å². The summed E-state index contributed by atoms with van der Waals surface area (Å²) in [6, 6.07) is 0.402. The molecule has 2 unspecified atom stereocenters. The van der Waals surface area contributed by atoms with Crippen LogP contribution in [0.2, 0.25) is 0 Å². The van der Waals surface area contributed by atoms with Crippen molar-refractivity contribution in [3.05, 3.63) is 0 Å². The van der Waals surface area contributed by atoms with Crippen molar-refractivity contribution in [2.24, 2.45) is 16.7 Å². The minimum atomic E-state index is 0.0320. The first-order valence-electron chi connectivity index (χ1n) is 7.74. The molecule has 0 aromatic carbocycles. The zero-order chi connectivity index (χ0) is 14.6. The van der Waals surface area contributed by atoms with Gasteiger partial charge in [-0.1, -0.05) is 54.9 Å².